The number of thioether (sulfide) groups is 1. The summed E-state index contributed by atoms with van der Waals surface area (Å²) in [5, 5.41) is 0. The van der Waals surface area contributed by atoms with Gasteiger partial charge in [0.15, 0.2) is 0 Å². The number of hydrogen-bond acceptors (Lipinski definition) is 3. The fourth-order valence-electron chi connectivity index (χ4n) is 1.66. The van der Waals surface area contributed by atoms with E-state index in [1.807, 2.05) is 30.3 Å². The SMILES string of the molecule is NNC(CSc1ccccc1Br)c1ccccc1. The van der Waals surface area contributed by atoms with Crippen molar-refractivity contribution in [3.8, 4) is 0 Å². The van der Waals surface area contributed by atoms with Crippen LogP contribution in [0.3, 0.4) is 0 Å². The number of rotatable bonds is 5. The minimum Gasteiger partial charge on any atom is -0.271 e. The molecule has 1 unspecified atom stereocenters. The van der Waals surface area contributed by atoms with Gasteiger partial charge in [-0.15, -0.1) is 11.8 Å². The maximum atomic E-state index is 5.63. The van der Waals surface area contributed by atoms with Crippen LogP contribution in [0.15, 0.2) is 64.0 Å². The third-order valence-electron chi connectivity index (χ3n) is 2.65. The molecule has 2 nitrogen and oxygen atoms in total. The third kappa shape index (κ3) is 3.59. The number of halogens is 1. The highest BCUT2D eigenvalue weighted by atomic mass is 79.9. The van der Waals surface area contributed by atoms with Crippen molar-refractivity contribution in [3.05, 3.63) is 64.6 Å². The standard InChI is InChI=1S/C14H15BrN2S/c15-12-8-4-5-9-14(12)18-10-13(17-16)11-6-2-1-3-7-11/h1-9,13,17H,10,16H2. The van der Waals surface area contributed by atoms with E-state index in [9.17, 15) is 0 Å². The van der Waals surface area contributed by atoms with Crippen LogP contribution in [-0.2, 0) is 0 Å². The van der Waals surface area contributed by atoms with Crippen molar-refractivity contribution in [2.24, 2.45) is 5.84 Å². The molecule has 0 amide bonds. The average molecular weight is 323 g/mol. The first-order chi connectivity index (χ1) is 8.81. The average Bonchev–Trinajstić information content (AvgIpc) is 2.42. The Morgan fingerprint density at radius 2 is 1.72 bits per heavy atom. The molecular formula is C14H15BrN2S. The second-order valence-electron chi connectivity index (χ2n) is 3.87. The van der Waals surface area contributed by atoms with Crippen LogP contribution in [0.4, 0.5) is 0 Å². The van der Waals surface area contributed by atoms with Crippen molar-refractivity contribution in [1.82, 2.24) is 5.43 Å². The molecule has 0 saturated heterocycles. The first-order valence-corrected chi connectivity index (χ1v) is 7.47. The largest absolute Gasteiger partial charge is 0.271 e. The zero-order valence-corrected chi connectivity index (χ0v) is 12.2. The van der Waals surface area contributed by atoms with Crippen LogP contribution < -0.4 is 11.3 Å². The Hall–Kier alpha value is -0.810. The first-order valence-electron chi connectivity index (χ1n) is 5.69. The van der Waals surface area contributed by atoms with E-state index in [4.69, 9.17) is 5.84 Å². The molecule has 0 aromatic heterocycles. The van der Waals surface area contributed by atoms with Gasteiger partial charge in [0.05, 0.1) is 6.04 Å². The van der Waals surface area contributed by atoms with Crippen LogP contribution in [0.5, 0.6) is 0 Å². The molecule has 2 rings (SSSR count). The zero-order valence-electron chi connectivity index (χ0n) is 9.84. The molecule has 94 valence electrons. The molecule has 0 aliphatic rings. The summed E-state index contributed by atoms with van der Waals surface area (Å²) >= 11 is 5.34. The zero-order chi connectivity index (χ0) is 12.8. The summed E-state index contributed by atoms with van der Waals surface area (Å²) in [6.07, 6.45) is 0. The molecule has 0 heterocycles. The predicted molar refractivity (Wildman–Crippen MR) is 81.4 cm³/mol. The molecule has 0 saturated carbocycles. The van der Waals surface area contributed by atoms with Gasteiger partial charge < -0.3 is 0 Å². The fraction of sp³-hybridized carbons (Fsp3) is 0.143. The molecule has 1 atom stereocenters. The Kier molecular flexibility index (Phi) is 5.26. The molecule has 0 spiro atoms. The number of nitrogens with one attached hydrogen (secondary N) is 1. The molecular weight excluding hydrogens is 308 g/mol. The van der Waals surface area contributed by atoms with Crippen molar-refractivity contribution in [3.63, 3.8) is 0 Å². The third-order valence-corrected chi connectivity index (χ3v) is 4.77. The van der Waals surface area contributed by atoms with E-state index in [2.05, 4.69) is 45.6 Å². The summed E-state index contributed by atoms with van der Waals surface area (Å²) in [7, 11) is 0. The highest BCUT2D eigenvalue weighted by Crippen LogP contribution is 2.30. The lowest BCUT2D eigenvalue weighted by Crippen LogP contribution is -2.29. The van der Waals surface area contributed by atoms with Crippen molar-refractivity contribution < 1.29 is 0 Å². The number of hydrogen-bond donors (Lipinski definition) is 2. The second kappa shape index (κ2) is 6.95. The van der Waals surface area contributed by atoms with Gasteiger partial charge >= 0.3 is 0 Å². The molecule has 2 aromatic rings. The van der Waals surface area contributed by atoms with Crippen LogP contribution in [0, 0.1) is 0 Å². The Labute approximate surface area is 120 Å². The van der Waals surface area contributed by atoms with Crippen molar-refractivity contribution in [2.75, 3.05) is 5.75 Å². The van der Waals surface area contributed by atoms with Crippen molar-refractivity contribution in [1.29, 1.82) is 0 Å². The van der Waals surface area contributed by atoms with Gasteiger partial charge in [0.1, 0.15) is 0 Å². The highest BCUT2D eigenvalue weighted by molar-refractivity contribution is 9.10. The lowest BCUT2D eigenvalue weighted by molar-refractivity contribution is 0.611. The van der Waals surface area contributed by atoms with Crippen LogP contribution in [0.25, 0.3) is 0 Å². The second-order valence-corrected chi connectivity index (χ2v) is 5.79. The van der Waals surface area contributed by atoms with Crippen LogP contribution in [0.2, 0.25) is 0 Å². The maximum absolute atomic E-state index is 5.63. The summed E-state index contributed by atoms with van der Waals surface area (Å²) in [5.74, 6) is 6.52. The van der Waals surface area contributed by atoms with Gasteiger partial charge in [-0.05, 0) is 33.6 Å². The van der Waals surface area contributed by atoms with E-state index in [1.165, 1.54) is 10.5 Å². The van der Waals surface area contributed by atoms with E-state index in [0.29, 0.717) is 0 Å². The highest BCUT2D eigenvalue weighted by Gasteiger charge is 2.10. The van der Waals surface area contributed by atoms with Gasteiger partial charge in [-0.1, -0.05) is 42.5 Å². The summed E-state index contributed by atoms with van der Waals surface area (Å²) in [4.78, 5) is 1.23. The van der Waals surface area contributed by atoms with Gasteiger partial charge in [-0.3, -0.25) is 11.3 Å². The van der Waals surface area contributed by atoms with E-state index < -0.39 is 0 Å². The van der Waals surface area contributed by atoms with E-state index in [1.54, 1.807) is 11.8 Å². The van der Waals surface area contributed by atoms with Crippen molar-refractivity contribution in [2.45, 2.75) is 10.9 Å². The van der Waals surface area contributed by atoms with E-state index in [0.717, 1.165) is 10.2 Å². The van der Waals surface area contributed by atoms with Gasteiger partial charge in [0, 0.05) is 15.1 Å². The molecule has 0 aliphatic heterocycles. The number of benzene rings is 2. The first kappa shape index (κ1) is 13.6. The topological polar surface area (TPSA) is 38.0 Å². The molecule has 2 aromatic carbocycles. The smallest absolute Gasteiger partial charge is 0.0553 e. The van der Waals surface area contributed by atoms with E-state index >= 15 is 0 Å². The molecule has 18 heavy (non-hydrogen) atoms. The Bertz CT molecular complexity index is 490. The maximum Gasteiger partial charge on any atom is 0.0553 e. The van der Waals surface area contributed by atoms with Gasteiger partial charge in [-0.25, -0.2) is 0 Å². The minimum absolute atomic E-state index is 0.156. The van der Waals surface area contributed by atoms with Gasteiger partial charge in [0.2, 0.25) is 0 Å². The number of nitrogens with two attached hydrogens (primary N) is 1. The number of hydrazine groups is 1. The predicted octanol–water partition coefficient (Wildman–Crippen LogP) is 3.75. The molecule has 3 N–H and O–H groups in total. The molecule has 0 bridgehead atoms. The molecule has 4 heteroatoms. The fourth-order valence-corrected chi connectivity index (χ4v) is 3.30. The lowest BCUT2D eigenvalue weighted by atomic mass is 10.1. The summed E-state index contributed by atoms with van der Waals surface area (Å²) in [6, 6.07) is 18.6. The quantitative estimate of drug-likeness (QED) is 0.500. The van der Waals surface area contributed by atoms with Crippen LogP contribution >= 0.6 is 27.7 Å². The summed E-state index contributed by atoms with van der Waals surface area (Å²) in [6.45, 7) is 0. The van der Waals surface area contributed by atoms with Crippen LogP contribution in [-0.4, -0.2) is 5.75 Å². The Morgan fingerprint density at radius 3 is 2.39 bits per heavy atom. The molecule has 0 fully saturated rings. The van der Waals surface area contributed by atoms with Gasteiger partial charge in [-0.2, -0.15) is 0 Å². The van der Waals surface area contributed by atoms with E-state index in [-0.39, 0.29) is 6.04 Å². The van der Waals surface area contributed by atoms with Gasteiger partial charge in [0.25, 0.3) is 0 Å². The van der Waals surface area contributed by atoms with Crippen LogP contribution in [0.1, 0.15) is 11.6 Å². The Morgan fingerprint density at radius 1 is 1.06 bits per heavy atom. The summed E-state index contributed by atoms with van der Waals surface area (Å²) < 4.78 is 1.12. The molecule has 0 aliphatic carbocycles. The van der Waals surface area contributed by atoms with Crippen molar-refractivity contribution >= 4 is 27.7 Å². The normalized spacial score (nSPS) is 12.3. The summed E-state index contributed by atoms with van der Waals surface area (Å²) in [5.41, 5.74) is 4.08. The lowest BCUT2D eigenvalue weighted by Gasteiger charge is -2.16. The Balaban J connectivity index is 2.02. The monoisotopic (exact) mass is 322 g/mol. The molecule has 0 radical (unpaired) electrons. The minimum atomic E-state index is 0.156.